The van der Waals surface area contributed by atoms with Gasteiger partial charge in [0.15, 0.2) is 5.82 Å². The van der Waals surface area contributed by atoms with Gasteiger partial charge in [0.2, 0.25) is 16.0 Å². The van der Waals surface area contributed by atoms with Gasteiger partial charge >= 0.3 is 0 Å². The predicted molar refractivity (Wildman–Crippen MR) is 118 cm³/mol. The standard InChI is InChI=1S/C19H21ClFN7O2S/c1-31(29,30)28-14-9-11(20)8-12(15(14)21)16-17(27-18(26-16)10-2-3-10)13-4-6-23-19(25-13)24-7-5-22/h4,6,8-10,28H,2-3,5,7,22H2,1H3,(H,26,27)(H,23,24,25). The van der Waals surface area contributed by atoms with Crippen LogP contribution in [0.2, 0.25) is 5.02 Å². The van der Waals surface area contributed by atoms with E-state index in [0.717, 1.165) is 24.9 Å². The molecule has 31 heavy (non-hydrogen) atoms. The molecule has 4 rings (SSSR count). The summed E-state index contributed by atoms with van der Waals surface area (Å²) in [7, 11) is -3.71. The van der Waals surface area contributed by atoms with E-state index in [0.29, 0.717) is 36.1 Å². The molecule has 0 aliphatic heterocycles. The summed E-state index contributed by atoms with van der Waals surface area (Å²) < 4.78 is 40.8. The highest BCUT2D eigenvalue weighted by atomic mass is 35.5. The van der Waals surface area contributed by atoms with Crippen molar-refractivity contribution in [2.45, 2.75) is 18.8 Å². The van der Waals surface area contributed by atoms with Crippen LogP contribution in [-0.4, -0.2) is 47.7 Å². The van der Waals surface area contributed by atoms with Crippen LogP contribution < -0.4 is 15.8 Å². The number of aromatic nitrogens is 4. The van der Waals surface area contributed by atoms with Crippen molar-refractivity contribution in [2.75, 3.05) is 29.4 Å². The topological polar surface area (TPSA) is 139 Å². The number of sulfonamides is 1. The summed E-state index contributed by atoms with van der Waals surface area (Å²) in [6, 6.07) is 4.31. The first-order chi connectivity index (χ1) is 14.7. The van der Waals surface area contributed by atoms with E-state index in [1.807, 2.05) is 0 Å². The molecule has 2 heterocycles. The fraction of sp³-hybridized carbons (Fsp3) is 0.316. The zero-order valence-corrected chi connectivity index (χ0v) is 18.2. The molecule has 0 unspecified atom stereocenters. The number of imidazole rings is 1. The largest absolute Gasteiger partial charge is 0.353 e. The number of nitrogens with one attached hydrogen (secondary N) is 3. The number of aromatic amines is 1. The van der Waals surface area contributed by atoms with Crippen LogP contribution in [0.4, 0.5) is 16.0 Å². The molecule has 0 atom stereocenters. The zero-order chi connectivity index (χ0) is 22.2. The fourth-order valence-electron chi connectivity index (χ4n) is 3.12. The van der Waals surface area contributed by atoms with Crippen molar-refractivity contribution in [2.24, 2.45) is 5.73 Å². The van der Waals surface area contributed by atoms with Crippen LogP contribution in [0.5, 0.6) is 0 Å². The van der Waals surface area contributed by atoms with Crippen molar-refractivity contribution in [1.29, 1.82) is 0 Å². The van der Waals surface area contributed by atoms with Crippen molar-refractivity contribution < 1.29 is 12.8 Å². The molecule has 0 spiro atoms. The molecule has 1 aliphatic rings. The van der Waals surface area contributed by atoms with Crippen LogP contribution in [0.15, 0.2) is 24.4 Å². The average Bonchev–Trinajstić information content (AvgIpc) is 3.47. The Morgan fingerprint density at radius 1 is 1.32 bits per heavy atom. The molecular weight excluding hydrogens is 445 g/mol. The average molecular weight is 466 g/mol. The van der Waals surface area contributed by atoms with Crippen molar-refractivity contribution in [3.8, 4) is 22.6 Å². The lowest BCUT2D eigenvalue weighted by atomic mass is 10.1. The Hall–Kier alpha value is -2.76. The molecular formula is C19H21ClFN7O2S. The van der Waals surface area contributed by atoms with E-state index in [2.05, 4.69) is 30.0 Å². The maximum Gasteiger partial charge on any atom is 0.229 e. The Labute approximate surface area is 183 Å². The summed E-state index contributed by atoms with van der Waals surface area (Å²) in [5, 5.41) is 3.17. The number of halogens is 2. The second-order valence-electron chi connectivity index (χ2n) is 7.29. The molecule has 9 nitrogen and oxygen atoms in total. The Kier molecular flexibility index (Phi) is 5.82. The van der Waals surface area contributed by atoms with Crippen LogP contribution in [0.1, 0.15) is 24.6 Å². The molecule has 1 fully saturated rings. The summed E-state index contributed by atoms with van der Waals surface area (Å²) in [5.74, 6) is 0.583. The first kappa shape index (κ1) is 21.5. The number of rotatable bonds is 8. The second kappa shape index (κ2) is 8.40. The van der Waals surface area contributed by atoms with E-state index in [4.69, 9.17) is 17.3 Å². The van der Waals surface area contributed by atoms with Gasteiger partial charge in [0.05, 0.1) is 23.3 Å². The van der Waals surface area contributed by atoms with Gasteiger partial charge in [-0.2, -0.15) is 0 Å². The molecule has 164 valence electrons. The normalized spacial score (nSPS) is 13.9. The molecule has 3 aromatic rings. The van der Waals surface area contributed by atoms with Gasteiger partial charge in [0.25, 0.3) is 0 Å². The minimum absolute atomic E-state index is 0.0619. The van der Waals surface area contributed by atoms with E-state index in [9.17, 15) is 8.42 Å². The Morgan fingerprint density at radius 3 is 2.77 bits per heavy atom. The summed E-state index contributed by atoms with van der Waals surface area (Å²) in [6.07, 6.45) is 4.49. The van der Waals surface area contributed by atoms with Gasteiger partial charge in [-0.1, -0.05) is 11.6 Å². The quantitative estimate of drug-likeness (QED) is 0.401. The third-order valence-corrected chi connectivity index (χ3v) is 5.42. The highest BCUT2D eigenvalue weighted by molar-refractivity contribution is 7.92. The monoisotopic (exact) mass is 465 g/mol. The number of hydrogen-bond donors (Lipinski definition) is 4. The lowest BCUT2D eigenvalue weighted by Crippen LogP contribution is -2.14. The first-order valence-electron chi connectivity index (χ1n) is 9.59. The number of H-pyrrole nitrogens is 1. The van der Waals surface area contributed by atoms with E-state index >= 15 is 4.39 Å². The molecule has 0 bridgehead atoms. The number of benzene rings is 1. The molecule has 12 heteroatoms. The van der Waals surface area contributed by atoms with Gasteiger partial charge in [-0.25, -0.2) is 27.8 Å². The van der Waals surface area contributed by atoms with Crippen LogP contribution in [-0.2, 0) is 10.0 Å². The summed E-state index contributed by atoms with van der Waals surface area (Å²) in [6.45, 7) is 0.911. The van der Waals surface area contributed by atoms with Crippen LogP contribution in [0.25, 0.3) is 22.6 Å². The minimum Gasteiger partial charge on any atom is -0.353 e. The Morgan fingerprint density at radius 2 is 2.10 bits per heavy atom. The lowest BCUT2D eigenvalue weighted by molar-refractivity contribution is 0.604. The maximum atomic E-state index is 15.3. The van der Waals surface area contributed by atoms with E-state index in [1.165, 1.54) is 12.1 Å². The molecule has 1 aromatic carbocycles. The molecule has 5 N–H and O–H groups in total. The van der Waals surface area contributed by atoms with Gasteiger partial charge < -0.3 is 16.0 Å². The zero-order valence-electron chi connectivity index (χ0n) is 16.6. The van der Waals surface area contributed by atoms with Crippen LogP contribution in [0.3, 0.4) is 0 Å². The van der Waals surface area contributed by atoms with Gasteiger partial charge in [0, 0.05) is 35.8 Å². The maximum absolute atomic E-state index is 15.3. The second-order valence-corrected chi connectivity index (χ2v) is 9.47. The number of nitrogens with two attached hydrogens (primary N) is 1. The molecule has 2 aromatic heterocycles. The molecule has 0 saturated heterocycles. The van der Waals surface area contributed by atoms with Gasteiger partial charge in [0.1, 0.15) is 11.5 Å². The predicted octanol–water partition coefficient (Wildman–Crippen LogP) is 2.95. The molecule has 0 radical (unpaired) electrons. The van der Waals surface area contributed by atoms with E-state index in [1.54, 1.807) is 12.3 Å². The Balaban J connectivity index is 1.85. The van der Waals surface area contributed by atoms with Crippen molar-refractivity contribution in [1.82, 2.24) is 19.9 Å². The first-order valence-corrected chi connectivity index (χ1v) is 11.9. The number of nitrogens with zero attached hydrogens (tertiary/aromatic N) is 3. The van der Waals surface area contributed by atoms with Gasteiger partial charge in [-0.3, -0.25) is 4.72 Å². The third-order valence-electron chi connectivity index (χ3n) is 4.61. The summed E-state index contributed by atoms with van der Waals surface area (Å²) in [4.78, 5) is 16.5. The van der Waals surface area contributed by atoms with Crippen LogP contribution in [0, 0.1) is 5.82 Å². The molecule has 1 saturated carbocycles. The molecule has 0 amide bonds. The highest BCUT2D eigenvalue weighted by Gasteiger charge is 2.30. The summed E-state index contributed by atoms with van der Waals surface area (Å²) in [5.41, 5.74) is 6.62. The van der Waals surface area contributed by atoms with Gasteiger partial charge in [-0.15, -0.1) is 0 Å². The van der Waals surface area contributed by atoms with Crippen molar-refractivity contribution in [3.63, 3.8) is 0 Å². The fourth-order valence-corrected chi connectivity index (χ4v) is 3.89. The van der Waals surface area contributed by atoms with Crippen LogP contribution >= 0.6 is 11.6 Å². The Bertz CT molecular complexity index is 1230. The molecule has 1 aliphatic carbocycles. The summed E-state index contributed by atoms with van der Waals surface area (Å²) >= 11 is 6.18. The van der Waals surface area contributed by atoms with E-state index in [-0.39, 0.29) is 22.2 Å². The smallest absolute Gasteiger partial charge is 0.229 e. The van der Waals surface area contributed by atoms with Crippen molar-refractivity contribution >= 4 is 33.3 Å². The van der Waals surface area contributed by atoms with Crippen molar-refractivity contribution in [3.05, 3.63) is 41.1 Å². The number of hydrogen-bond acceptors (Lipinski definition) is 7. The minimum atomic E-state index is -3.71. The highest BCUT2D eigenvalue weighted by Crippen LogP contribution is 2.42. The van der Waals surface area contributed by atoms with Gasteiger partial charge in [-0.05, 0) is 31.0 Å². The lowest BCUT2D eigenvalue weighted by Gasteiger charge is -2.11. The number of anilines is 2. The van der Waals surface area contributed by atoms with E-state index < -0.39 is 15.8 Å². The third kappa shape index (κ3) is 4.94. The SMILES string of the molecule is CS(=O)(=O)Nc1cc(Cl)cc(-c2nc(C3CC3)[nH]c2-c2ccnc(NCCN)n2)c1F.